The monoisotopic (exact) mass is 372 g/mol. The van der Waals surface area contributed by atoms with Gasteiger partial charge in [-0.25, -0.2) is 0 Å². The summed E-state index contributed by atoms with van der Waals surface area (Å²) in [6.45, 7) is 7.45. The van der Waals surface area contributed by atoms with Crippen LogP contribution in [0.5, 0.6) is 5.75 Å². The molecule has 0 bridgehead atoms. The minimum absolute atomic E-state index is 0.0502. The van der Waals surface area contributed by atoms with Gasteiger partial charge in [0, 0.05) is 13.1 Å². The van der Waals surface area contributed by atoms with E-state index >= 15 is 0 Å². The number of rotatable bonds is 5. The van der Waals surface area contributed by atoms with Crippen LogP contribution in [0.4, 0.5) is 0 Å². The fraction of sp³-hybridized carbons (Fsp3) is 0.375. The number of hydrogen-bond donors (Lipinski definition) is 0. The molecule has 0 N–H and O–H groups in total. The van der Waals surface area contributed by atoms with E-state index in [1.54, 1.807) is 23.1 Å². The number of amidine groups is 1. The Morgan fingerprint density at radius 1 is 1.26 bits per heavy atom. The topological polar surface area (TPSA) is 41.9 Å². The first-order valence-corrected chi connectivity index (χ1v) is 8.96. The summed E-state index contributed by atoms with van der Waals surface area (Å²) in [6.07, 6.45) is 1.78. The van der Waals surface area contributed by atoms with Crippen LogP contribution in [0, 0.1) is 0 Å². The first-order valence-electron chi connectivity index (χ1n) is 7.39. The minimum atomic E-state index is -0.0502. The van der Waals surface area contributed by atoms with Crippen molar-refractivity contribution in [3.05, 3.63) is 32.6 Å². The molecule has 0 unspecified atom stereocenters. The van der Waals surface area contributed by atoms with Crippen molar-refractivity contribution >= 4 is 52.1 Å². The zero-order valence-corrected chi connectivity index (χ0v) is 15.6. The summed E-state index contributed by atoms with van der Waals surface area (Å²) in [4.78, 5) is 19.1. The standard InChI is InChI=1S/C16H18Cl2N2O2S/c1-4-19-16-20(5-2)15(21)13(23-16)9-10-7-11(17)14(22-6-3)12(18)8-10/h7-9H,4-6H2,1-3H3/b13-9-,19-16?. The molecule has 0 aliphatic carbocycles. The first-order chi connectivity index (χ1) is 11.0. The Hall–Kier alpha value is -1.17. The van der Waals surface area contributed by atoms with Crippen molar-refractivity contribution in [2.45, 2.75) is 20.8 Å². The van der Waals surface area contributed by atoms with Crippen molar-refractivity contribution in [1.82, 2.24) is 4.90 Å². The lowest BCUT2D eigenvalue weighted by atomic mass is 10.2. The normalized spacial score (nSPS) is 18.3. The number of nitrogens with zero attached hydrogens (tertiary/aromatic N) is 2. The highest BCUT2D eigenvalue weighted by atomic mass is 35.5. The highest BCUT2D eigenvalue weighted by Gasteiger charge is 2.31. The first kappa shape index (κ1) is 18.2. The number of carbonyl (C=O) groups excluding carboxylic acids is 1. The van der Waals surface area contributed by atoms with Gasteiger partial charge in [-0.3, -0.25) is 14.7 Å². The predicted molar refractivity (Wildman–Crippen MR) is 98.6 cm³/mol. The maximum absolute atomic E-state index is 12.4. The molecule has 1 aliphatic heterocycles. The summed E-state index contributed by atoms with van der Waals surface area (Å²) in [5.74, 6) is 0.414. The summed E-state index contributed by atoms with van der Waals surface area (Å²) < 4.78 is 5.41. The van der Waals surface area contributed by atoms with Crippen molar-refractivity contribution in [3.63, 3.8) is 0 Å². The van der Waals surface area contributed by atoms with E-state index in [0.29, 0.717) is 40.4 Å². The van der Waals surface area contributed by atoms with Crippen molar-refractivity contribution in [2.24, 2.45) is 4.99 Å². The Balaban J connectivity index is 2.35. The molecule has 23 heavy (non-hydrogen) atoms. The van der Waals surface area contributed by atoms with E-state index in [-0.39, 0.29) is 5.91 Å². The van der Waals surface area contributed by atoms with Crippen molar-refractivity contribution in [3.8, 4) is 5.75 Å². The van der Waals surface area contributed by atoms with Gasteiger partial charge in [0.15, 0.2) is 10.9 Å². The average molecular weight is 373 g/mol. The average Bonchev–Trinajstić information content (AvgIpc) is 2.79. The third kappa shape index (κ3) is 4.03. The summed E-state index contributed by atoms with van der Waals surface area (Å²) in [5.41, 5.74) is 0.758. The van der Waals surface area contributed by atoms with Crippen LogP contribution in [-0.4, -0.2) is 35.7 Å². The molecule has 124 valence electrons. The number of thioether (sulfide) groups is 1. The Labute approximate surface area is 150 Å². The molecule has 1 saturated heterocycles. The van der Waals surface area contributed by atoms with Crippen LogP contribution in [0.25, 0.3) is 6.08 Å². The molecular formula is C16H18Cl2N2O2S. The van der Waals surface area contributed by atoms with Gasteiger partial charge in [-0.05, 0) is 56.3 Å². The Morgan fingerprint density at radius 3 is 2.43 bits per heavy atom. The molecule has 1 heterocycles. The molecule has 2 rings (SSSR count). The highest BCUT2D eigenvalue weighted by Crippen LogP contribution is 2.37. The van der Waals surface area contributed by atoms with Gasteiger partial charge < -0.3 is 4.74 Å². The number of carbonyl (C=O) groups is 1. The molecule has 0 spiro atoms. The second-order valence-electron chi connectivity index (χ2n) is 4.66. The molecule has 1 aromatic rings. The minimum Gasteiger partial charge on any atom is -0.491 e. The maximum atomic E-state index is 12.4. The van der Waals surface area contributed by atoms with Crippen molar-refractivity contribution in [1.29, 1.82) is 0 Å². The number of ether oxygens (including phenoxy) is 1. The van der Waals surface area contributed by atoms with E-state index in [2.05, 4.69) is 4.99 Å². The third-order valence-corrected chi connectivity index (χ3v) is 4.71. The van der Waals surface area contributed by atoms with Gasteiger partial charge in [0.2, 0.25) is 0 Å². The van der Waals surface area contributed by atoms with Gasteiger partial charge in [-0.1, -0.05) is 23.2 Å². The molecule has 0 atom stereocenters. The van der Waals surface area contributed by atoms with Crippen LogP contribution in [0.15, 0.2) is 22.0 Å². The summed E-state index contributed by atoms with van der Waals surface area (Å²) >= 11 is 13.8. The molecule has 7 heteroatoms. The predicted octanol–water partition coefficient (Wildman–Crippen LogP) is 4.70. The summed E-state index contributed by atoms with van der Waals surface area (Å²) in [7, 11) is 0. The van der Waals surface area contributed by atoms with Crippen molar-refractivity contribution < 1.29 is 9.53 Å². The van der Waals surface area contributed by atoms with Crippen LogP contribution < -0.4 is 4.74 Å². The smallest absolute Gasteiger partial charge is 0.266 e. The van der Waals surface area contributed by atoms with E-state index in [1.165, 1.54) is 11.8 Å². The third-order valence-electron chi connectivity index (χ3n) is 3.10. The van der Waals surface area contributed by atoms with E-state index in [9.17, 15) is 4.79 Å². The Bertz CT molecular complexity index is 651. The summed E-state index contributed by atoms with van der Waals surface area (Å²) in [6, 6.07) is 3.48. The molecule has 4 nitrogen and oxygen atoms in total. The van der Waals surface area contributed by atoms with Crippen LogP contribution in [-0.2, 0) is 4.79 Å². The van der Waals surface area contributed by atoms with E-state index in [0.717, 1.165) is 10.7 Å². The van der Waals surface area contributed by atoms with Crippen LogP contribution in [0.3, 0.4) is 0 Å². The lowest BCUT2D eigenvalue weighted by Crippen LogP contribution is -2.28. The van der Waals surface area contributed by atoms with Gasteiger partial charge in [0.1, 0.15) is 0 Å². The Kier molecular flexibility index (Phi) is 6.39. The van der Waals surface area contributed by atoms with Gasteiger partial charge >= 0.3 is 0 Å². The van der Waals surface area contributed by atoms with E-state index in [4.69, 9.17) is 27.9 Å². The molecule has 0 saturated carbocycles. The fourth-order valence-corrected chi connectivity index (χ4v) is 3.85. The number of hydrogen-bond acceptors (Lipinski definition) is 4. The van der Waals surface area contributed by atoms with Gasteiger partial charge in [-0.15, -0.1) is 0 Å². The van der Waals surface area contributed by atoms with Gasteiger partial charge in [-0.2, -0.15) is 0 Å². The molecule has 1 aliphatic rings. The Morgan fingerprint density at radius 2 is 1.91 bits per heavy atom. The molecule has 1 fully saturated rings. The van der Waals surface area contributed by atoms with E-state index in [1.807, 2.05) is 20.8 Å². The fourth-order valence-electron chi connectivity index (χ4n) is 2.14. The number of halogens is 2. The molecule has 0 radical (unpaired) electrons. The van der Waals surface area contributed by atoms with E-state index < -0.39 is 0 Å². The zero-order valence-electron chi connectivity index (χ0n) is 13.2. The van der Waals surface area contributed by atoms with Gasteiger partial charge in [0.05, 0.1) is 21.6 Å². The lowest BCUT2D eigenvalue weighted by Gasteiger charge is -2.11. The molecule has 1 amide bonds. The molecule has 0 aromatic heterocycles. The van der Waals surface area contributed by atoms with Gasteiger partial charge in [0.25, 0.3) is 5.91 Å². The maximum Gasteiger partial charge on any atom is 0.266 e. The molecule has 1 aromatic carbocycles. The SMILES string of the molecule is CCN=C1S/C(=C\c2cc(Cl)c(OCC)c(Cl)c2)C(=O)N1CC. The van der Waals surface area contributed by atoms with Crippen LogP contribution in [0.2, 0.25) is 10.0 Å². The number of likely N-dealkylation sites (N-methyl/N-ethyl adjacent to an activating group) is 1. The zero-order chi connectivity index (χ0) is 17.0. The number of aliphatic imine (C=N–C) groups is 1. The van der Waals surface area contributed by atoms with Crippen LogP contribution in [0.1, 0.15) is 26.3 Å². The second kappa shape index (κ2) is 8.08. The number of benzene rings is 1. The second-order valence-corrected chi connectivity index (χ2v) is 6.49. The summed E-state index contributed by atoms with van der Waals surface area (Å²) in [5, 5.41) is 1.59. The van der Waals surface area contributed by atoms with Crippen molar-refractivity contribution in [2.75, 3.05) is 19.7 Å². The largest absolute Gasteiger partial charge is 0.491 e. The lowest BCUT2D eigenvalue weighted by molar-refractivity contribution is -0.122. The number of amides is 1. The van der Waals surface area contributed by atoms with Crippen LogP contribution >= 0.6 is 35.0 Å². The molecular weight excluding hydrogens is 355 g/mol. The quantitative estimate of drug-likeness (QED) is 0.703. The highest BCUT2D eigenvalue weighted by molar-refractivity contribution is 8.18.